The largest absolute Gasteiger partial charge is 0.370 e. The number of rotatable bonds is 6. The van der Waals surface area contributed by atoms with Gasteiger partial charge in [0.1, 0.15) is 17.5 Å². The van der Waals surface area contributed by atoms with Crippen LogP contribution in [0.4, 0.5) is 11.6 Å². The molecular weight excluding hydrogens is 236 g/mol. The van der Waals surface area contributed by atoms with Crippen LogP contribution >= 0.6 is 0 Å². The van der Waals surface area contributed by atoms with Crippen molar-refractivity contribution in [2.75, 3.05) is 23.7 Å². The van der Waals surface area contributed by atoms with Crippen molar-refractivity contribution in [3.05, 3.63) is 11.4 Å². The summed E-state index contributed by atoms with van der Waals surface area (Å²) in [7, 11) is 0. The van der Waals surface area contributed by atoms with Crippen molar-refractivity contribution in [2.24, 2.45) is 5.41 Å². The van der Waals surface area contributed by atoms with E-state index in [9.17, 15) is 0 Å². The maximum atomic E-state index is 4.68. The van der Waals surface area contributed by atoms with Gasteiger partial charge in [0.25, 0.3) is 0 Å². The number of nitrogens with one attached hydrogen (secondary N) is 2. The lowest BCUT2D eigenvalue weighted by Crippen LogP contribution is -2.16. The van der Waals surface area contributed by atoms with Gasteiger partial charge in [0.15, 0.2) is 0 Å². The molecule has 2 rings (SSSR count). The zero-order chi connectivity index (χ0) is 14.0. The third-order valence-corrected chi connectivity index (χ3v) is 3.81. The van der Waals surface area contributed by atoms with Gasteiger partial charge in [0, 0.05) is 24.6 Å². The average molecular weight is 262 g/mol. The van der Waals surface area contributed by atoms with Crippen LogP contribution in [0.1, 0.15) is 57.8 Å². The molecule has 0 amide bonds. The summed E-state index contributed by atoms with van der Waals surface area (Å²) >= 11 is 0. The molecule has 1 aromatic rings. The van der Waals surface area contributed by atoms with Gasteiger partial charge < -0.3 is 10.6 Å². The topological polar surface area (TPSA) is 49.8 Å². The molecule has 1 aliphatic carbocycles. The van der Waals surface area contributed by atoms with Crippen molar-refractivity contribution in [2.45, 2.75) is 53.4 Å². The summed E-state index contributed by atoms with van der Waals surface area (Å²) in [6.07, 6.45) is 2.64. The Morgan fingerprint density at radius 1 is 1.16 bits per heavy atom. The summed E-state index contributed by atoms with van der Waals surface area (Å²) in [4.78, 5) is 9.30. The molecule has 1 fully saturated rings. The highest BCUT2D eigenvalue weighted by molar-refractivity contribution is 5.57. The van der Waals surface area contributed by atoms with E-state index < -0.39 is 0 Å². The maximum absolute atomic E-state index is 4.68. The van der Waals surface area contributed by atoms with Crippen LogP contribution in [0.3, 0.4) is 0 Å². The van der Waals surface area contributed by atoms with E-state index in [1.54, 1.807) is 0 Å². The van der Waals surface area contributed by atoms with Gasteiger partial charge in [-0.3, -0.25) is 0 Å². The second kappa shape index (κ2) is 5.35. The van der Waals surface area contributed by atoms with Gasteiger partial charge in [0.2, 0.25) is 0 Å². The molecule has 1 aromatic heterocycles. The van der Waals surface area contributed by atoms with Gasteiger partial charge in [-0.05, 0) is 32.1 Å². The lowest BCUT2D eigenvalue weighted by atomic mass is 10.1. The Bertz CT molecular complexity index is 450. The minimum absolute atomic E-state index is 0.343. The lowest BCUT2D eigenvalue weighted by molar-refractivity contribution is 0.608. The van der Waals surface area contributed by atoms with E-state index in [4.69, 9.17) is 0 Å². The molecule has 0 atom stereocenters. The predicted octanol–water partition coefficient (Wildman–Crippen LogP) is 3.55. The van der Waals surface area contributed by atoms with E-state index in [1.807, 2.05) is 0 Å². The molecule has 0 aromatic carbocycles. The third-order valence-electron chi connectivity index (χ3n) is 3.81. The summed E-state index contributed by atoms with van der Waals surface area (Å²) in [5.74, 6) is 3.20. The molecule has 0 bridgehead atoms. The molecule has 19 heavy (non-hydrogen) atoms. The molecule has 106 valence electrons. The number of aromatic nitrogens is 2. The van der Waals surface area contributed by atoms with Crippen LogP contribution in [0.5, 0.6) is 0 Å². The molecule has 0 aliphatic heterocycles. The van der Waals surface area contributed by atoms with Gasteiger partial charge in [0.05, 0.1) is 0 Å². The highest BCUT2D eigenvalue weighted by Crippen LogP contribution is 2.44. The molecule has 0 radical (unpaired) electrons. The first kappa shape index (κ1) is 14.1. The zero-order valence-electron chi connectivity index (χ0n) is 12.8. The molecule has 1 heterocycles. The molecule has 0 unspecified atom stereocenters. The lowest BCUT2D eigenvalue weighted by Gasteiger charge is -2.17. The van der Waals surface area contributed by atoms with Gasteiger partial charge in [-0.15, -0.1) is 0 Å². The summed E-state index contributed by atoms with van der Waals surface area (Å²) in [6, 6.07) is 0. The molecule has 2 N–H and O–H groups in total. The van der Waals surface area contributed by atoms with E-state index in [2.05, 4.69) is 55.2 Å². The Labute approximate surface area is 116 Å². The Hall–Kier alpha value is -1.32. The first-order valence-corrected chi connectivity index (χ1v) is 7.31. The van der Waals surface area contributed by atoms with Crippen molar-refractivity contribution in [1.29, 1.82) is 0 Å². The van der Waals surface area contributed by atoms with Gasteiger partial charge >= 0.3 is 0 Å². The molecular formula is C15H26N4. The van der Waals surface area contributed by atoms with Gasteiger partial charge in [-0.25, -0.2) is 9.97 Å². The summed E-state index contributed by atoms with van der Waals surface area (Å²) < 4.78 is 0. The normalized spacial score (nSPS) is 16.5. The predicted molar refractivity (Wildman–Crippen MR) is 80.9 cm³/mol. The number of hydrogen-bond donors (Lipinski definition) is 2. The Morgan fingerprint density at radius 2 is 1.74 bits per heavy atom. The van der Waals surface area contributed by atoms with Crippen LogP contribution in [0.2, 0.25) is 0 Å². The van der Waals surface area contributed by atoms with Crippen molar-refractivity contribution >= 4 is 11.6 Å². The SMILES string of the molecule is CCNc1nc(C(C)C)nc(NCC2(C)CC2)c1C. The highest BCUT2D eigenvalue weighted by atomic mass is 15.1. The monoisotopic (exact) mass is 262 g/mol. The highest BCUT2D eigenvalue weighted by Gasteiger charge is 2.37. The van der Waals surface area contributed by atoms with Crippen molar-refractivity contribution in [3.63, 3.8) is 0 Å². The second-order valence-corrected chi connectivity index (χ2v) is 6.25. The Balaban J connectivity index is 2.23. The Kier molecular flexibility index (Phi) is 3.97. The molecule has 1 aliphatic rings. The van der Waals surface area contributed by atoms with E-state index in [1.165, 1.54) is 12.8 Å². The van der Waals surface area contributed by atoms with Crippen molar-refractivity contribution < 1.29 is 0 Å². The molecule has 0 spiro atoms. The van der Waals surface area contributed by atoms with E-state index in [-0.39, 0.29) is 0 Å². The van der Waals surface area contributed by atoms with E-state index in [0.29, 0.717) is 11.3 Å². The van der Waals surface area contributed by atoms with Crippen molar-refractivity contribution in [3.8, 4) is 0 Å². The zero-order valence-corrected chi connectivity index (χ0v) is 12.8. The molecule has 0 saturated heterocycles. The Morgan fingerprint density at radius 3 is 2.21 bits per heavy atom. The van der Waals surface area contributed by atoms with Crippen LogP contribution in [-0.2, 0) is 0 Å². The fourth-order valence-corrected chi connectivity index (χ4v) is 1.99. The first-order chi connectivity index (χ1) is 8.95. The van der Waals surface area contributed by atoms with Crippen LogP contribution in [0.25, 0.3) is 0 Å². The fourth-order valence-electron chi connectivity index (χ4n) is 1.99. The minimum atomic E-state index is 0.343. The number of nitrogens with zero attached hydrogens (tertiary/aromatic N) is 2. The first-order valence-electron chi connectivity index (χ1n) is 7.31. The molecule has 4 nitrogen and oxygen atoms in total. The molecule has 4 heteroatoms. The summed E-state index contributed by atoms with van der Waals surface area (Å²) in [6.45, 7) is 12.7. The smallest absolute Gasteiger partial charge is 0.135 e. The average Bonchev–Trinajstić information content (AvgIpc) is 3.09. The fraction of sp³-hybridized carbons (Fsp3) is 0.733. The number of hydrogen-bond acceptors (Lipinski definition) is 4. The van der Waals surface area contributed by atoms with Crippen LogP contribution in [-0.4, -0.2) is 23.1 Å². The van der Waals surface area contributed by atoms with E-state index in [0.717, 1.165) is 36.1 Å². The summed E-state index contributed by atoms with van der Waals surface area (Å²) in [5, 5.41) is 6.85. The second-order valence-electron chi connectivity index (χ2n) is 6.25. The summed E-state index contributed by atoms with van der Waals surface area (Å²) in [5.41, 5.74) is 1.60. The van der Waals surface area contributed by atoms with Crippen LogP contribution < -0.4 is 10.6 Å². The van der Waals surface area contributed by atoms with Crippen LogP contribution in [0, 0.1) is 12.3 Å². The standard InChI is InChI=1S/C15H26N4/c1-6-16-13-11(4)14(17-9-15(5)7-8-15)19-12(18-13)10(2)3/h10H,6-9H2,1-5H3,(H2,16,17,18,19). The third kappa shape index (κ3) is 3.37. The quantitative estimate of drug-likeness (QED) is 0.823. The maximum Gasteiger partial charge on any atom is 0.135 e. The van der Waals surface area contributed by atoms with Crippen molar-refractivity contribution in [1.82, 2.24) is 9.97 Å². The van der Waals surface area contributed by atoms with Crippen LogP contribution in [0.15, 0.2) is 0 Å². The number of anilines is 2. The van der Waals surface area contributed by atoms with E-state index >= 15 is 0 Å². The molecule has 1 saturated carbocycles. The minimum Gasteiger partial charge on any atom is -0.370 e. The van der Waals surface area contributed by atoms with Gasteiger partial charge in [-0.2, -0.15) is 0 Å². The van der Waals surface area contributed by atoms with Gasteiger partial charge in [-0.1, -0.05) is 20.8 Å².